The molecule has 0 atom stereocenters. The van der Waals surface area contributed by atoms with Crippen molar-refractivity contribution in [2.75, 3.05) is 19.0 Å². The largest absolute Gasteiger partial charge is 0.493 e. The third kappa shape index (κ3) is 6.84. The Labute approximate surface area is 212 Å². The Morgan fingerprint density at radius 3 is 2.42 bits per heavy atom. The number of methoxy groups -OCH3 is 1. The minimum atomic E-state index is -0.645. The van der Waals surface area contributed by atoms with Crippen LogP contribution in [0.1, 0.15) is 28.4 Å². The Kier molecular flexibility index (Phi) is 9.03. The summed E-state index contributed by atoms with van der Waals surface area (Å²) in [7, 11) is 1.43. The smallest absolute Gasteiger partial charge is 0.338 e. The molecule has 3 aromatic carbocycles. The summed E-state index contributed by atoms with van der Waals surface area (Å²) in [6, 6.07) is 16.9. The van der Waals surface area contributed by atoms with Crippen LogP contribution in [0.25, 0.3) is 6.08 Å². The van der Waals surface area contributed by atoms with E-state index in [9.17, 15) is 19.2 Å². The molecule has 0 aromatic heterocycles. The molecule has 0 aliphatic carbocycles. The summed E-state index contributed by atoms with van der Waals surface area (Å²) in [6.45, 7) is 2.09. The number of nitrogens with zero attached hydrogens (tertiary/aromatic N) is 1. The molecule has 1 amide bonds. The Balaban J connectivity index is 1.75. The maximum Gasteiger partial charge on any atom is 0.338 e. The van der Waals surface area contributed by atoms with Gasteiger partial charge in [-0.3, -0.25) is 4.79 Å². The standard InChI is InChI=1S/C27H22ClFN2O5/c1-3-35-27(33)19-6-10-22(11-7-19)31-26(32)20(15-30)12-18-13-23(28)25(24(14-18)34-2)36-16-17-4-8-21(29)9-5-17/h4-14H,3,16H2,1-2H3,(H,31,32)/b20-12+. The topological polar surface area (TPSA) is 97.7 Å². The number of nitriles is 1. The number of hydrogen-bond donors (Lipinski definition) is 1. The predicted molar refractivity (Wildman–Crippen MR) is 133 cm³/mol. The number of hydrogen-bond acceptors (Lipinski definition) is 6. The molecule has 36 heavy (non-hydrogen) atoms. The highest BCUT2D eigenvalue weighted by Gasteiger charge is 2.15. The average molecular weight is 509 g/mol. The molecule has 3 rings (SSSR count). The first-order chi connectivity index (χ1) is 17.3. The van der Waals surface area contributed by atoms with E-state index in [1.165, 1.54) is 55.7 Å². The molecule has 0 spiro atoms. The van der Waals surface area contributed by atoms with Gasteiger partial charge in [-0.25, -0.2) is 9.18 Å². The maximum absolute atomic E-state index is 13.1. The van der Waals surface area contributed by atoms with Gasteiger partial charge in [0, 0.05) is 5.69 Å². The van der Waals surface area contributed by atoms with Crippen LogP contribution in [-0.4, -0.2) is 25.6 Å². The molecule has 3 aromatic rings. The van der Waals surface area contributed by atoms with Gasteiger partial charge in [-0.05, 0) is 72.7 Å². The first-order valence-corrected chi connectivity index (χ1v) is 11.2. The normalized spacial score (nSPS) is 10.8. The second kappa shape index (κ2) is 12.4. The van der Waals surface area contributed by atoms with Crippen molar-refractivity contribution in [2.24, 2.45) is 0 Å². The van der Waals surface area contributed by atoms with E-state index in [-0.39, 0.29) is 35.4 Å². The highest BCUT2D eigenvalue weighted by atomic mass is 35.5. The summed E-state index contributed by atoms with van der Waals surface area (Å²) < 4.78 is 29.2. The van der Waals surface area contributed by atoms with Gasteiger partial charge in [0.05, 0.1) is 24.3 Å². The first kappa shape index (κ1) is 26.3. The summed E-state index contributed by atoms with van der Waals surface area (Å²) >= 11 is 6.39. The lowest BCUT2D eigenvalue weighted by Crippen LogP contribution is -2.13. The number of amides is 1. The van der Waals surface area contributed by atoms with E-state index in [2.05, 4.69) is 5.32 Å². The molecular weight excluding hydrogens is 487 g/mol. The van der Waals surface area contributed by atoms with Gasteiger partial charge in [-0.1, -0.05) is 23.7 Å². The molecule has 0 saturated carbocycles. The number of ether oxygens (including phenoxy) is 3. The highest BCUT2D eigenvalue weighted by molar-refractivity contribution is 6.32. The van der Waals surface area contributed by atoms with Crippen LogP contribution < -0.4 is 14.8 Å². The number of carbonyl (C=O) groups is 2. The third-order valence-electron chi connectivity index (χ3n) is 4.88. The van der Waals surface area contributed by atoms with E-state index < -0.39 is 11.9 Å². The highest BCUT2D eigenvalue weighted by Crippen LogP contribution is 2.37. The van der Waals surface area contributed by atoms with Crippen LogP contribution in [0, 0.1) is 17.1 Å². The summed E-state index contributed by atoms with van der Waals surface area (Å²) in [5, 5.41) is 12.4. The molecule has 0 aliphatic rings. The van der Waals surface area contributed by atoms with Crippen molar-refractivity contribution in [2.45, 2.75) is 13.5 Å². The minimum Gasteiger partial charge on any atom is -0.493 e. The first-order valence-electron chi connectivity index (χ1n) is 10.8. The lowest BCUT2D eigenvalue weighted by atomic mass is 10.1. The van der Waals surface area contributed by atoms with Gasteiger partial charge in [-0.15, -0.1) is 0 Å². The van der Waals surface area contributed by atoms with Crippen molar-refractivity contribution in [3.8, 4) is 17.6 Å². The van der Waals surface area contributed by atoms with Gasteiger partial charge < -0.3 is 19.5 Å². The van der Waals surface area contributed by atoms with Gasteiger partial charge in [0.1, 0.15) is 24.1 Å². The Bertz CT molecular complexity index is 1320. The number of benzene rings is 3. The van der Waals surface area contributed by atoms with Gasteiger partial charge in [0.2, 0.25) is 0 Å². The van der Waals surface area contributed by atoms with Crippen molar-refractivity contribution < 1.29 is 28.2 Å². The van der Waals surface area contributed by atoms with Gasteiger partial charge in [0.25, 0.3) is 5.91 Å². The minimum absolute atomic E-state index is 0.131. The van der Waals surface area contributed by atoms with Crippen molar-refractivity contribution in [3.63, 3.8) is 0 Å². The second-order valence-electron chi connectivity index (χ2n) is 7.37. The molecule has 0 aliphatic heterocycles. The number of nitrogens with one attached hydrogen (secondary N) is 1. The molecule has 9 heteroatoms. The van der Waals surface area contributed by atoms with Crippen LogP contribution in [0.2, 0.25) is 5.02 Å². The molecule has 0 fully saturated rings. The Morgan fingerprint density at radius 2 is 1.81 bits per heavy atom. The van der Waals surface area contributed by atoms with Crippen LogP contribution in [0.4, 0.5) is 10.1 Å². The van der Waals surface area contributed by atoms with E-state index >= 15 is 0 Å². The lowest BCUT2D eigenvalue weighted by molar-refractivity contribution is -0.112. The lowest BCUT2D eigenvalue weighted by Gasteiger charge is -2.13. The molecule has 0 unspecified atom stereocenters. The van der Waals surface area contributed by atoms with E-state index in [0.717, 1.165) is 5.56 Å². The van der Waals surface area contributed by atoms with E-state index in [1.54, 1.807) is 25.1 Å². The van der Waals surface area contributed by atoms with Crippen LogP contribution in [0.3, 0.4) is 0 Å². The Morgan fingerprint density at radius 1 is 1.11 bits per heavy atom. The van der Waals surface area contributed by atoms with Gasteiger partial charge >= 0.3 is 5.97 Å². The fraction of sp³-hybridized carbons (Fsp3) is 0.148. The number of halogens is 2. The number of esters is 1. The summed E-state index contributed by atoms with van der Waals surface area (Å²) in [4.78, 5) is 24.4. The van der Waals surface area contributed by atoms with E-state index in [1.807, 2.05) is 6.07 Å². The van der Waals surface area contributed by atoms with E-state index in [4.69, 9.17) is 25.8 Å². The van der Waals surface area contributed by atoms with Crippen molar-refractivity contribution >= 4 is 35.2 Å². The zero-order valence-electron chi connectivity index (χ0n) is 19.5. The number of rotatable bonds is 9. The quantitative estimate of drug-likeness (QED) is 0.223. The summed E-state index contributed by atoms with van der Waals surface area (Å²) in [5.41, 5.74) is 1.74. The van der Waals surface area contributed by atoms with Crippen LogP contribution >= 0.6 is 11.6 Å². The van der Waals surface area contributed by atoms with Crippen LogP contribution in [0.5, 0.6) is 11.5 Å². The van der Waals surface area contributed by atoms with Gasteiger partial charge in [0.15, 0.2) is 11.5 Å². The Hall–Kier alpha value is -4.35. The third-order valence-corrected chi connectivity index (χ3v) is 5.16. The molecule has 7 nitrogen and oxygen atoms in total. The molecular formula is C27H22ClFN2O5. The monoisotopic (exact) mass is 508 g/mol. The van der Waals surface area contributed by atoms with Crippen LogP contribution in [0.15, 0.2) is 66.2 Å². The van der Waals surface area contributed by atoms with Crippen molar-refractivity contribution in [1.82, 2.24) is 0 Å². The molecule has 184 valence electrons. The molecule has 0 radical (unpaired) electrons. The second-order valence-corrected chi connectivity index (χ2v) is 7.78. The summed E-state index contributed by atoms with van der Waals surface area (Å²) in [5.74, 6) is -0.901. The van der Waals surface area contributed by atoms with Crippen LogP contribution in [-0.2, 0) is 16.1 Å². The predicted octanol–water partition coefficient (Wildman–Crippen LogP) is 5.79. The van der Waals surface area contributed by atoms with Crippen molar-refractivity contribution in [1.29, 1.82) is 5.26 Å². The SMILES string of the molecule is CCOC(=O)c1ccc(NC(=O)/C(C#N)=C/c2cc(Cl)c(OCc3ccc(F)cc3)c(OC)c2)cc1. The average Bonchev–Trinajstić information content (AvgIpc) is 2.87. The zero-order chi connectivity index (χ0) is 26.1. The molecule has 0 heterocycles. The molecule has 0 bridgehead atoms. The fourth-order valence-corrected chi connectivity index (χ4v) is 3.39. The van der Waals surface area contributed by atoms with Crippen molar-refractivity contribution in [3.05, 3.63) is 93.8 Å². The zero-order valence-corrected chi connectivity index (χ0v) is 20.3. The maximum atomic E-state index is 13.1. The van der Waals surface area contributed by atoms with Gasteiger partial charge in [-0.2, -0.15) is 5.26 Å². The fourth-order valence-electron chi connectivity index (χ4n) is 3.12. The molecule has 1 N–H and O–H groups in total. The number of carbonyl (C=O) groups excluding carboxylic acids is 2. The molecule has 0 saturated heterocycles. The van der Waals surface area contributed by atoms with E-state index in [0.29, 0.717) is 22.6 Å². The summed E-state index contributed by atoms with van der Waals surface area (Å²) in [6.07, 6.45) is 1.36. The number of anilines is 1.